The number of hydrogen-bond acceptors (Lipinski definition) is 3. The van der Waals surface area contributed by atoms with Crippen molar-refractivity contribution in [1.82, 2.24) is 10.2 Å². The summed E-state index contributed by atoms with van der Waals surface area (Å²) in [5.74, 6) is 0.232. The number of nitrogens with zero attached hydrogens (tertiary/aromatic N) is 1. The minimum atomic E-state index is -0.511. The van der Waals surface area contributed by atoms with Crippen molar-refractivity contribution in [2.45, 2.75) is 70.6 Å². The number of hydrogen-bond donors (Lipinski definition) is 1. The standard InChI is InChI=1S/C25H30ClFN2O2/c1-14-15(2)24(31-4)10-8-21(14)16(3)29-19-6-7-20(29)13-18(12-19)28-25(30)17-5-9-23(27)22(26)11-17/h5,8-11,16,18-20H,6-7,12-13H2,1-4H3,(H,28,30)/t16-,18?,19?,20?/m0/s1. The van der Waals surface area contributed by atoms with Crippen LogP contribution in [0.1, 0.15) is 65.7 Å². The van der Waals surface area contributed by atoms with E-state index in [-0.39, 0.29) is 17.0 Å². The van der Waals surface area contributed by atoms with Crippen LogP contribution in [0.15, 0.2) is 30.3 Å². The van der Waals surface area contributed by atoms with E-state index in [1.165, 1.54) is 34.9 Å². The van der Waals surface area contributed by atoms with E-state index in [2.05, 4.69) is 43.1 Å². The Morgan fingerprint density at radius 2 is 1.84 bits per heavy atom. The number of halogens is 2. The lowest BCUT2D eigenvalue weighted by Gasteiger charge is -2.43. The van der Waals surface area contributed by atoms with E-state index >= 15 is 0 Å². The van der Waals surface area contributed by atoms with Gasteiger partial charge in [0.05, 0.1) is 12.1 Å². The molecule has 0 aliphatic carbocycles. The maximum atomic E-state index is 13.4. The third-order valence-electron chi connectivity index (χ3n) is 7.20. The molecule has 2 bridgehead atoms. The van der Waals surface area contributed by atoms with Crippen LogP contribution >= 0.6 is 11.6 Å². The second kappa shape index (κ2) is 8.79. The Morgan fingerprint density at radius 1 is 1.16 bits per heavy atom. The van der Waals surface area contributed by atoms with Gasteiger partial charge in [0.25, 0.3) is 5.91 Å². The minimum Gasteiger partial charge on any atom is -0.496 e. The summed E-state index contributed by atoms with van der Waals surface area (Å²) in [7, 11) is 1.71. The van der Waals surface area contributed by atoms with Gasteiger partial charge in [-0.25, -0.2) is 4.39 Å². The lowest BCUT2D eigenvalue weighted by atomic mass is 9.91. The molecule has 6 heteroatoms. The van der Waals surface area contributed by atoms with E-state index in [9.17, 15) is 9.18 Å². The van der Waals surface area contributed by atoms with Crippen LogP contribution in [-0.2, 0) is 0 Å². The maximum Gasteiger partial charge on any atom is 0.251 e. The Labute approximate surface area is 188 Å². The van der Waals surface area contributed by atoms with Gasteiger partial charge in [-0.05, 0) is 87.4 Å². The van der Waals surface area contributed by atoms with Crippen LogP contribution in [0.2, 0.25) is 5.02 Å². The van der Waals surface area contributed by atoms with E-state index in [1.807, 2.05) is 0 Å². The van der Waals surface area contributed by atoms with Gasteiger partial charge < -0.3 is 10.1 Å². The molecule has 0 spiro atoms. The first-order valence-corrected chi connectivity index (χ1v) is 11.3. The summed E-state index contributed by atoms with van der Waals surface area (Å²) in [5.41, 5.74) is 4.23. The molecule has 2 saturated heterocycles. The van der Waals surface area contributed by atoms with Crippen LogP contribution in [0.3, 0.4) is 0 Å². The molecule has 1 amide bonds. The van der Waals surface area contributed by atoms with Gasteiger partial charge in [0.1, 0.15) is 11.6 Å². The van der Waals surface area contributed by atoms with Crippen molar-refractivity contribution in [3.63, 3.8) is 0 Å². The minimum absolute atomic E-state index is 0.0264. The van der Waals surface area contributed by atoms with Gasteiger partial charge in [0.15, 0.2) is 0 Å². The molecule has 0 radical (unpaired) electrons. The predicted octanol–water partition coefficient (Wildman–Crippen LogP) is 5.59. The molecule has 31 heavy (non-hydrogen) atoms. The molecule has 0 aromatic heterocycles. The van der Waals surface area contributed by atoms with Crippen molar-refractivity contribution in [3.05, 3.63) is 63.4 Å². The van der Waals surface area contributed by atoms with Crippen LogP contribution in [-0.4, -0.2) is 36.0 Å². The number of rotatable bonds is 5. The van der Waals surface area contributed by atoms with Crippen molar-refractivity contribution in [2.24, 2.45) is 0 Å². The third kappa shape index (κ3) is 4.18. The molecule has 0 saturated carbocycles. The molecule has 2 aliphatic heterocycles. The normalized spacial score (nSPS) is 24.1. The molecule has 4 rings (SSSR count). The van der Waals surface area contributed by atoms with Gasteiger partial charge >= 0.3 is 0 Å². The first-order valence-electron chi connectivity index (χ1n) is 11.0. The summed E-state index contributed by atoms with van der Waals surface area (Å²) in [6.07, 6.45) is 4.15. The first-order chi connectivity index (χ1) is 14.8. The fourth-order valence-corrected chi connectivity index (χ4v) is 5.70. The van der Waals surface area contributed by atoms with Crippen LogP contribution in [0.25, 0.3) is 0 Å². The first kappa shape index (κ1) is 22.1. The average Bonchev–Trinajstić information content (AvgIpc) is 3.01. The summed E-state index contributed by atoms with van der Waals surface area (Å²) >= 11 is 5.84. The van der Waals surface area contributed by atoms with Crippen LogP contribution in [0.4, 0.5) is 4.39 Å². The molecule has 2 aliphatic rings. The predicted molar refractivity (Wildman–Crippen MR) is 121 cm³/mol. The van der Waals surface area contributed by atoms with Crippen molar-refractivity contribution < 1.29 is 13.9 Å². The zero-order valence-corrected chi connectivity index (χ0v) is 19.3. The number of nitrogens with one attached hydrogen (secondary N) is 1. The highest BCUT2D eigenvalue weighted by molar-refractivity contribution is 6.31. The van der Waals surface area contributed by atoms with Crippen LogP contribution < -0.4 is 10.1 Å². The van der Waals surface area contributed by atoms with Gasteiger partial charge in [-0.2, -0.15) is 0 Å². The quantitative estimate of drug-likeness (QED) is 0.653. The summed E-state index contributed by atoms with van der Waals surface area (Å²) in [5, 5.41) is 3.13. The largest absolute Gasteiger partial charge is 0.496 e. The molecule has 2 unspecified atom stereocenters. The zero-order chi connectivity index (χ0) is 22.3. The fraction of sp³-hybridized carbons (Fsp3) is 0.480. The number of ether oxygens (including phenoxy) is 1. The Kier molecular flexibility index (Phi) is 6.27. The molecule has 2 aromatic rings. The lowest BCUT2D eigenvalue weighted by molar-refractivity contribution is 0.0689. The van der Waals surface area contributed by atoms with E-state index in [4.69, 9.17) is 16.3 Å². The van der Waals surface area contributed by atoms with Crippen molar-refractivity contribution >= 4 is 17.5 Å². The number of piperidine rings is 1. The Bertz CT molecular complexity index is 982. The van der Waals surface area contributed by atoms with Gasteiger partial charge in [0.2, 0.25) is 0 Å². The number of carbonyl (C=O) groups excluding carboxylic acids is 1. The molecule has 2 aromatic carbocycles. The zero-order valence-electron chi connectivity index (χ0n) is 18.5. The smallest absolute Gasteiger partial charge is 0.251 e. The van der Waals surface area contributed by atoms with E-state index < -0.39 is 5.82 Å². The van der Waals surface area contributed by atoms with Crippen molar-refractivity contribution in [1.29, 1.82) is 0 Å². The molecule has 166 valence electrons. The van der Waals surface area contributed by atoms with Crippen LogP contribution in [0, 0.1) is 19.7 Å². The lowest BCUT2D eigenvalue weighted by Crippen LogP contribution is -2.51. The highest BCUT2D eigenvalue weighted by atomic mass is 35.5. The van der Waals surface area contributed by atoms with Gasteiger partial charge in [0, 0.05) is 29.7 Å². The maximum absolute atomic E-state index is 13.4. The Morgan fingerprint density at radius 3 is 2.45 bits per heavy atom. The highest BCUT2D eigenvalue weighted by Crippen LogP contribution is 2.43. The number of fused-ring (bicyclic) bond motifs is 2. The van der Waals surface area contributed by atoms with Gasteiger partial charge in [-0.15, -0.1) is 0 Å². The summed E-state index contributed by atoms with van der Waals surface area (Å²) in [6.45, 7) is 6.58. The molecule has 4 nitrogen and oxygen atoms in total. The SMILES string of the molecule is COc1ccc([C@H](C)N2C3CCC2CC(NC(=O)c2ccc(F)c(Cl)c2)C3)c(C)c1C. The van der Waals surface area contributed by atoms with Crippen molar-refractivity contribution in [3.8, 4) is 5.75 Å². The molecule has 2 fully saturated rings. The fourth-order valence-electron chi connectivity index (χ4n) is 5.52. The Balaban J connectivity index is 1.46. The van der Waals surface area contributed by atoms with E-state index in [0.29, 0.717) is 23.7 Å². The Hall–Kier alpha value is -2.11. The topological polar surface area (TPSA) is 41.6 Å². The molecular weight excluding hydrogens is 415 g/mol. The monoisotopic (exact) mass is 444 g/mol. The van der Waals surface area contributed by atoms with Crippen molar-refractivity contribution in [2.75, 3.05) is 7.11 Å². The van der Waals surface area contributed by atoms with E-state index in [1.54, 1.807) is 7.11 Å². The second-order valence-corrected chi connectivity index (χ2v) is 9.29. The number of carbonyl (C=O) groups is 1. The second-order valence-electron chi connectivity index (χ2n) is 8.89. The highest BCUT2D eigenvalue weighted by Gasteiger charge is 2.43. The summed E-state index contributed by atoms with van der Waals surface area (Å²) in [6, 6.07) is 9.70. The molecule has 2 heterocycles. The van der Waals surface area contributed by atoms with Gasteiger partial charge in [-0.1, -0.05) is 17.7 Å². The number of benzene rings is 2. The molecular formula is C25H30ClFN2O2. The summed E-state index contributed by atoms with van der Waals surface area (Å²) in [4.78, 5) is 15.3. The van der Waals surface area contributed by atoms with Crippen LogP contribution in [0.5, 0.6) is 5.75 Å². The number of methoxy groups -OCH3 is 1. The molecule has 3 atom stereocenters. The number of amides is 1. The van der Waals surface area contributed by atoms with E-state index in [0.717, 1.165) is 31.4 Å². The van der Waals surface area contributed by atoms with Gasteiger partial charge in [-0.3, -0.25) is 9.69 Å². The third-order valence-corrected chi connectivity index (χ3v) is 7.49. The average molecular weight is 445 g/mol. The molecule has 1 N–H and O–H groups in total. The summed E-state index contributed by atoms with van der Waals surface area (Å²) < 4.78 is 18.9.